The number of hydrogen-bond donors (Lipinski definition) is 2. The summed E-state index contributed by atoms with van der Waals surface area (Å²) in [5, 5.41) is 2.99. The van der Waals surface area contributed by atoms with Gasteiger partial charge in [-0.25, -0.2) is 0 Å². The SMILES string of the molecule is COc1c(N)cccc1C(=O)NC(C)CN1CCOCC1. The van der Waals surface area contributed by atoms with E-state index in [4.69, 9.17) is 15.2 Å². The molecule has 0 saturated carbocycles. The zero-order valence-corrected chi connectivity index (χ0v) is 12.6. The van der Waals surface area contributed by atoms with Gasteiger partial charge in [0.25, 0.3) is 5.91 Å². The predicted molar refractivity (Wildman–Crippen MR) is 81.6 cm³/mol. The molecule has 1 saturated heterocycles. The second-order valence-corrected chi connectivity index (χ2v) is 5.22. The average molecular weight is 293 g/mol. The molecule has 2 rings (SSSR count). The summed E-state index contributed by atoms with van der Waals surface area (Å²) in [5.74, 6) is 0.258. The Bertz CT molecular complexity index is 487. The van der Waals surface area contributed by atoms with Crippen LogP contribution in [0.5, 0.6) is 5.75 Å². The molecule has 0 spiro atoms. The van der Waals surface area contributed by atoms with Crippen molar-refractivity contribution in [3.05, 3.63) is 23.8 Å². The summed E-state index contributed by atoms with van der Waals surface area (Å²) < 4.78 is 10.5. The van der Waals surface area contributed by atoms with Crippen LogP contribution in [0.15, 0.2) is 18.2 Å². The molecule has 0 aromatic heterocycles. The Labute approximate surface area is 125 Å². The zero-order valence-electron chi connectivity index (χ0n) is 12.6. The quantitative estimate of drug-likeness (QED) is 0.783. The molecular formula is C15H23N3O3. The van der Waals surface area contributed by atoms with E-state index in [9.17, 15) is 4.79 Å². The summed E-state index contributed by atoms with van der Waals surface area (Å²) in [6.07, 6.45) is 0. The summed E-state index contributed by atoms with van der Waals surface area (Å²) in [6.45, 7) is 6.11. The lowest BCUT2D eigenvalue weighted by molar-refractivity contribution is 0.0342. The van der Waals surface area contributed by atoms with Gasteiger partial charge in [-0.1, -0.05) is 6.07 Å². The van der Waals surface area contributed by atoms with Crippen molar-refractivity contribution < 1.29 is 14.3 Å². The summed E-state index contributed by atoms with van der Waals surface area (Å²) >= 11 is 0. The fraction of sp³-hybridized carbons (Fsp3) is 0.533. The molecular weight excluding hydrogens is 270 g/mol. The van der Waals surface area contributed by atoms with Gasteiger partial charge in [0.1, 0.15) is 0 Å². The molecule has 3 N–H and O–H groups in total. The first kappa shape index (κ1) is 15.6. The number of carbonyl (C=O) groups excluding carboxylic acids is 1. The van der Waals surface area contributed by atoms with Crippen molar-refractivity contribution in [2.75, 3.05) is 45.7 Å². The Morgan fingerprint density at radius 1 is 1.48 bits per heavy atom. The van der Waals surface area contributed by atoms with Crippen molar-refractivity contribution in [1.82, 2.24) is 10.2 Å². The van der Waals surface area contributed by atoms with Crippen LogP contribution < -0.4 is 15.8 Å². The number of nitrogens with zero attached hydrogens (tertiary/aromatic N) is 1. The van der Waals surface area contributed by atoms with Gasteiger partial charge >= 0.3 is 0 Å². The van der Waals surface area contributed by atoms with E-state index in [1.165, 1.54) is 7.11 Å². The number of morpholine rings is 1. The highest BCUT2D eigenvalue weighted by atomic mass is 16.5. The number of nitrogens with one attached hydrogen (secondary N) is 1. The number of anilines is 1. The second kappa shape index (κ2) is 7.28. The van der Waals surface area contributed by atoms with Gasteiger partial charge in [-0.05, 0) is 19.1 Å². The van der Waals surface area contributed by atoms with Crippen LogP contribution >= 0.6 is 0 Å². The monoisotopic (exact) mass is 293 g/mol. The number of methoxy groups -OCH3 is 1. The van der Waals surface area contributed by atoms with Gasteiger partial charge in [-0.3, -0.25) is 9.69 Å². The third-order valence-electron chi connectivity index (χ3n) is 3.51. The number of nitrogens with two attached hydrogens (primary N) is 1. The van der Waals surface area contributed by atoms with Gasteiger partial charge < -0.3 is 20.5 Å². The van der Waals surface area contributed by atoms with Crippen LogP contribution in [0.1, 0.15) is 17.3 Å². The lowest BCUT2D eigenvalue weighted by atomic mass is 10.1. The number of benzene rings is 1. The number of ether oxygens (including phenoxy) is 2. The molecule has 116 valence electrons. The van der Waals surface area contributed by atoms with Gasteiger partial charge in [-0.15, -0.1) is 0 Å². The molecule has 0 bridgehead atoms. The van der Waals surface area contributed by atoms with Gasteiger partial charge in [0.15, 0.2) is 5.75 Å². The topological polar surface area (TPSA) is 76.8 Å². The minimum atomic E-state index is -0.167. The van der Waals surface area contributed by atoms with Crippen molar-refractivity contribution in [1.29, 1.82) is 0 Å². The Hall–Kier alpha value is -1.79. The Balaban J connectivity index is 1.95. The minimum absolute atomic E-state index is 0.0433. The van der Waals surface area contributed by atoms with Crippen LogP contribution in [-0.2, 0) is 4.74 Å². The number of nitrogen functional groups attached to an aromatic ring is 1. The number of hydrogen-bond acceptors (Lipinski definition) is 5. The number of rotatable bonds is 5. The molecule has 1 aliphatic rings. The van der Waals surface area contributed by atoms with Crippen molar-refractivity contribution in [3.8, 4) is 5.75 Å². The van der Waals surface area contributed by atoms with Crippen LogP contribution in [0, 0.1) is 0 Å². The normalized spacial score (nSPS) is 17.2. The van der Waals surface area contributed by atoms with Crippen LogP contribution in [0.2, 0.25) is 0 Å². The molecule has 1 aromatic rings. The van der Waals surface area contributed by atoms with E-state index >= 15 is 0 Å². The van der Waals surface area contributed by atoms with Crippen molar-refractivity contribution >= 4 is 11.6 Å². The molecule has 0 aliphatic carbocycles. The van der Waals surface area contributed by atoms with Gasteiger partial charge in [0, 0.05) is 25.7 Å². The highest BCUT2D eigenvalue weighted by molar-refractivity contribution is 5.98. The number of para-hydroxylation sites is 1. The molecule has 1 unspecified atom stereocenters. The molecule has 6 nitrogen and oxygen atoms in total. The van der Waals surface area contributed by atoms with Gasteiger partial charge in [0.2, 0.25) is 0 Å². The predicted octanol–water partition coefficient (Wildman–Crippen LogP) is 0.728. The van der Waals surface area contributed by atoms with Crippen LogP contribution in [0.4, 0.5) is 5.69 Å². The van der Waals surface area contributed by atoms with Crippen molar-refractivity contribution in [2.45, 2.75) is 13.0 Å². The number of carbonyl (C=O) groups is 1. The van der Waals surface area contributed by atoms with E-state index in [2.05, 4.69) is 10.2 Å². The maximum Gasteiger partial charge on any atom is 0.255 e. The maximum absolute atomic E-state index is 12.3. The summed E-state index contributed by atoms with van der Waals surface area (Å²) in [5.41, 5.74) is 6.75. The average Bonchev–Trinajstić information content (AvgIpc) is 2.47. The highest BCUT2D eigenvalue weighted by Crippen LogP contribution is 2.25. The largest absolute Gasteiger partial charge is 0.494 e. The Morgan fingerprint density at radius 3 is 2.86 bits per heavy atom. The van der Waals surface area contributed by atoms with E-state index in [0.29, 0.717) is 17.0 Å². The molecule has 0 radical (unpaired) electrons. The molecule has 21 heavy (non-hydrogen) atoms. The highest BCUT2D eigenvalue weighted by Gasteiger charge is 2.18. The van der Waals surface area contributed by atoms with Crippen molar-refractivity contribution in [3.63, 3.8) is 0 Å². The van der Waals surface area contributed by atoms with E-state index < -0.39 is 0 Å². The van der Waals surface area contributed by atoms with Crippen LogP contribution in [-0.4, -0.2) is 56.8 Å². The summed E-state index contributed by atoms with van der Waals surface area (Å²) in [6, 6.07) is 5.22. The first-order chi connectivity index (χ1) is 10.1. The molecule has 1 heterocycles. The minimum Gasteiger partial charge on any atom is -0.494 e. The molecule has 1 atom stereocenters. The molecule has 1 aromatic carbocycles. The summed E-state index contributed by atoms with van der Waals surface area (Å²) in [4.78, 5) is 14.6. The lowest BCUT2D eigenvalue weighted by Gasteiger charge is -2.29. The van der Waals surface area contributed by atoms with E-state index in [1.807, 2.05) is 6.92 Å². The van der Waals surface area contributed by atoms with E-state index in [0.717, 1.165) is 32.8 Å². The van der Waals surface area contributed by atoms with Crippen LogP contribution in [0.25, 0.3) is 0 Å². The van der Waals surface area contributed by atoms with Gasteiger partial charge in [-0.2, -0.15) is 0 Å². The first-order valence-corrected chi connectivity index (χ1v) is 7.15. The Morgan fingerprint density at radius 2 is 2.19 bits per heavy atom. The maximum atomic E-state index is 12.3. The standard InChI is InChI=1S/C15H23N3O3/c1-11(10-18-6-8-21-9-7-18)17-15(19)12-4-3-5-13(16)14(12)20-2/h3-5,11H,6-10,16H2,1-2H3,(H,17,19). The van der Waals surface area contributed by atoms with Crippen LogP contribution in [0.3, 0.4) is 0 Å². The molecule has 1 amide bonds. The molecule has 1 aliphatic heterocycles. The fourth-order valence-corrected chi connectivity index (χ4v) is 2.48. The van der Waals surface area contributed by atoms with Gasteiger partial charge in [0.05, 0.1) is 31.6 Å². The summed E-state index contributed by atoms with van der Waals surface area (Å²) in [7, 11) is 1.51. The third-order valence-corrected chi connectivity index (χ3v) is 3.51. The lowest BCUT2D eigenvalue weighted by Crippen LogP contribution is -2.46. The zero-order chi connectivity index (χ0) is 15.2. The van der Waals surface area contributed by atoms with Crippen molar-refractivity contribution in [2.24, 2.45) is 0 Å². The molecule has 1 fully saturated rings. The third kappa shape index (κ3) is 4.09. The Kier molecular flexibility index (Phi) is 5.41. The molecule has 6 heteroatoms. The second-order valence-electron chi connectivity index (χ2n) is 5.22. The van der Waals surface area contributed by atoms with E-state index in [1.54, 1.807) is 18.2 Å². The number of amides is 1. The smallest absolute Gasteiger partial charge is 0.255 e. The van der Waals surface area contributed by atoms with E-state index in [-0.39, 0.29) is 11.9 Å². The fourth-order valence-electron chi connectivity index (χ4n) is 2.48. The first-order valence-electron chi connectivity index (χ1n) is 7.15.